The topological polar surface area (TPSA) is 53.1 Å². The molecule has 1 aliphatic rings. The van der Waals surface area contributed by atoms with Gasteiger partial charge in [-0.15, -0.1) is 0 Å². The fourth-order valence-electron chi connectivity index (χ4n) is 1.86. The molecule has 78 valence electrons. The summed E-state index contributed by atoms with van der Waals surface area (Å²) in [6, 6.07) is -0.0839. The fraction of sp³-hybridized carbons (Fsp3) is 0.667. The summed E-state index contributed by atoms with van der Waals surface area (Å²) < 4.78 is 8.32. The predicted molar refractivity (Wildman–Crippen MR) is 56.8 cm³/mol. The predicted octanol–water partition coefficient (Wildman–Crippen LogP) is 1.36. The average Bonchev–Trinajstić information content (AvgIpc) is 2.75. The fourth-order valence-corrected chi connectivity index (χ4v) is 2.47. The van der Waals surface area contributed by atoms with Crippen molar-refractivity contribution in [3.05, 3.63) is 16.4 Å². The Kier molecular flexibility index (Phi) is 2.90. The molecule has 14 heavy (non-hydrogen) atoms. The smallest absolute Gasteiger partial charge is 0.0784 e. The Hall–Kier alpha value is -0.390. The number of nitrogens with two attached hydrogens (primary N) is 1. The molecular formula is C9H14BrN3O. The third-order valence-electron chi connectivity index (χ3n) is 2.62. The van der Waals surface area contributed by atoms with Gasteiger partial charge in [0, 0.05) is 13.7 Å². The first-order valence-electron chi connectivity index (χ1n) is 4.74. The lowest BCUT2D eigenvalue weighted by atomic mass is 10.1. The van der Waals surface area contributed by atoms with Gasteiger partial charge >= 0.3 is 0 Å². The van der Waals surface area contributed by atoms with E-state index in [1.54, 1.807) is 10.9 Å². The number of rotatable bonds is 2. The van der Waals surface area contributed by atoms with E-state index < -0.39 is 0 Å². The van der Waals surface area contributed by atoms with Crippen LogP contribution < -0.4 is 5.73 Å². The van der Waals surface area contributed by atoms with Crippen LogP contribution in [0.15, 0.2) is 10.7 Å². The van der Waals surface area contributed by atoms with Crippen LogP contribution in [0.5, 0.6) is 0 Å². The van der Waals surface area contributed by atoms with E-state index in [-0.39, 0.29) is 12.1 Å². The van der Waals surface area contributed by atoms with Gasteiger partial charge in [-0.05, 0) is 28.8 Å². The molecular weight excluding hydrogens is 246 g/mol. The summed E-state index contributed by atoms with van der Waals surface area (Å²) in [5.41, 5.74) is 7.14. The summed E-state index contributed by atoms with van der Waals surface area (Å²) in [4.78, 5) is 0. The lowest BCUT2D eigenvalue weighted by molar-refractivity contribution is 0.0876. The molecule has 1 aromatic heterocycles. The van der Waals surface area contributed by atoms with E-state index in [9.17, 15) is 0 Å². The van der Waals surface area contributed by atoms with Crippen LogP contribution in [0.2, 0.25) is 0 Å². The Balaban J connectivity index is 2.21. The molecule has 0 radical (unpaired) electrons. The molecule has 5 heteroatoms. The summed E-state index contributed by atoms with van der Waals surface area (Å²) in [6.45, 7) is 0.827. The van der Waals surface area contributed by atoms with Crippen molar-refractivity contribution in [1.29, 1.82) is 0 Å². The van der Waals surface area contributed by atoms with Gasteiger partial charge in [-0.3, -0.25) is 4.68 Å². The van der Waals surface area contributed by atoms with Gasteiger partial charge in [-0.25, -0.2) is 0 Å². The molecule has 2 unspecified atom stereocenters. The van der Waals surface area contributed by atoms with E-state index in [0.29, 0.717) is 0 Å². The second-order valence-corrected chi connectivity index (χ2v) is 4.43. The minimum atomic E-state index is -0.0839. The van der Waals surface area contributed by atoms with Gasteiger partial charge in [0.15, 0.2) is 0 Å². The summed E-state index contributed by atoms with van der Waals surface area (Å²) in [6.07, 6.45) is 4.05. The molecule has 0 bridgehead atoms. The van der Waals surface area contributed by atoms with Gasteiger partial charge in [-0.1, -0.05) is 0 Å². The molecule has 1 aromatic rings. The summed E-state index contributed by atoms with van der Waals surface area (Å²) >= 11 is 3.45. The molecule has 0 spiro atoms. The van der Waals surface area contributed by atoms with Crippen molar-refractivity contribution in [2.24, 2.45) is 12.8 Å². The number of nitrogens with zero attached hydrogens (tertiary/aromatic N) is 2. The van der Waals surface area contributed by atoms with E-state index in [1.165, 1.54) is 0 Å². The van der Waals surface area contributed by atoms with Crippen molar-refractivity contribution in [3.63, 3.8) is 0 Å². The zero-order valence-corrected chi connectivity index (χ0v) is 9.70. The first-order valence-corrected chi connectivity index (χ1v) is 5.54. The maximum Gasteiger partial charge on any atom is 0.0784 e. The average molecular weight is 260 g/mol. The SMILES string of the molecule is Cn1ncc(Br)c1C(N)C1CCCO1. The van der Waals surface area contributed by atoms with Crippen molar-refractivity contribution < 1.29 is 4.74 Å². The molecule has 4 nitrogen and oxygen atoms in total. The number of halogens is 1. The summed E-state index contributed by atoms with van der Waals surface area (Å²) in [5, 5.41) is 4.14. The van der Waals surface area contributed by atoms with Crippen LogP contribution in [-0.2, 0) is 11.8 Å². The first kappa shape index (κ1) is 10.1. The molecule has 0 saturated carbocycles. The number of hydrogen-bond acceptors (Lipinski definition) is 3. The molecule has 2 atom stereocenters. The van der Waals surface area contributed by atoms with Gasteiger partial charge in [0.1, 0.15) is 0 Å². The molecule has 1 aliphatic heterocycles. The molecule has 2 heterocycles. The molecule has 0 aromatic carbocycles. The third-order valence-corrected chi connectivity index (χ3v) is 3.23. The van der Waals surface area contributed by atoms with Crippen molar-refractivity contribution in [1.82, 2.24) is 9.78 Å². The van der Waals surface area contributed by atoms with Crippen LogP contribution in [0.3, 0.4) is 0 Å². The zero-order valence-electron chi connectivity index (χ0n) is 8.11. The highest BCUT2D eigenvalue weighted by molar-refractivity contribution is 9.10. The second-order valence-electron chi connectivity index (χ2n) is 3.58. The van der Waals surface area contributed by atoms with Gasteiger partial charge in [-0.2, -0.15) is 5.10 Å². The number of hydrogen-bond donors (Lipinski definition) is 1. The highest BCUT2D eigenvalue weighted by atomic mass is 79.9. The maximum atomic E-state index is 6.13. The van der Waals surface area contributed by atoms with E-state index >= 15 is 0 Å². The Labute approximate surface area is 91.5 Å². The Morgan fingerprint density at radius 3 is 3.07 bits per heavy atom. The van der Waals surface area contributed by atoms with Crippen LogP contribution in [0.1, 0.15) is 24.6 Å². The summed E-state index contributed by atoms with van der Waals surface area (Å²) in [7, 11) is 1.90. The van der Waals surface area contributed by atoms with Crippen LogP contribution >= 0.6 is 15.9 Å². The van der Waals surface area contributed by atoms with E-state index in [0.717, 1.165) is 29.6 Å². The van der Waals surface area contributed by atoms with Gasteiger partial charge in [0.2, 0.25) is 0 Å². The van der Waals surface area contributed by atoms with Crippen LogP contribution in [0.4, 0.5) is 0 Å². The van der Waals surface area contributed by atoms with Crippen LogP contribution in [-0.4, -0.2) is 22.5 Å². The monoisotopic (exact) mass is 259 g/mol. The number of aromatic nitrogens is 2. The molecule has 0 amide bonds. The Morgan fingerprint density at radius 2 is 2.57 bits per heavy atom. The lowest BCUT2D eigenvalue weighted by Crippen LogP contribution is -2.27. The van der Waals surface area contributed by atoms with Crippen molar-refractivity contribution in [3.8, 4) is 0 Å². The maximum absolute atomic E-state index is 6.13. The molecule has 1 fully saturated rings. The van der Waals surface area contributed by atoms with Crippen molar-refractivity contribution >= 4 is 15.9 Å². The number of aryl methyl sites for hydroxylation is 1. The lowest BCUT2D eigenvalue weighted by Gasteiger charge is -2.19. The van der Waals surface area contributed by atoms with E-state index in [4.69, 9.17) is 10.5 Å². The van der Waals surface area contributed by atoms with Gasteiger partial charge < -0.3 is 10.5 Å². The largest absolute Gasteiger partial charge is 0.376 e. The summed E-state index contributed by atoms with van der Waals surface area (Å²) in [5.74, 6) is 0. The Bertz CT molecular complexity index is 300. The normalized spacial score (nSPS) is 24.1. The minimum absolute atomic E-state index is 0.0839. The molecule has 2 rings (SSSR count). The molecule has 1 saturated heterocycles. The van der Waals surface area contributed by atoms with E-state index in [2.05, 4.69) is 21.0 Å². The highest BCUT2D eigenvalue weighted by Gasteiger charge is 2.27. The quantitative estimate of drug-likeness (QED) is 0.873. The zero-order chi connectivity index (χ0) is 10.1. The van der Waals surface area contributed by atoms with Crippen molar-refractivity contribution in [2.45, 2.75) is 25.0 Å². The Morgan fingerprint density at radius 1 is 1.79 bits per heavy atom. The standard InChI is InChI=1S/C9H14BrN3O/c1-13-9(6(10)5-12-13)8(11)7-3-2-4-14-7/h5,7-8H,2-4,11H2,1H3. The number of ether oxygens (including phenoxy) is 1. The van der Waals surface area contributed by atoms with Gasteiger partial charge in [0.25, 0.3) is 0 Å². The van der Waals surface area contributed by atoms with Crippen LogP contribution in [0, 0.1) is 0 Å². The van der Waals surface area contributed by atoms with E-state index in [1.807, 2.05) is 7.05 Å². The van der Waals surface area contributed by atoms with Crippen molar-refractivity contribution in [2.75, 3.05) is 6.61 Å². The third kappa shape index (κ3) is 1.71. The van der Waals surface area contributed by atoms with Gasteiger partial charge in [0.05, 0.1) is 28.5 Å². The molecule has 0 aliphatic carbocycles. The van der Waals surface area contributed by atoms with Crippen LogP contribution in [0.25, 0.3) is 0 Å². The minimum Gasteiger partial charge on any atom is -0.376 e. The highest BCUT2D eigenvalue weighted by Crippen LogP contribution is 2.28. The molecule has 2 N–H and O–H groups in total. The first-order chi connectivity index (χ1) is 6.70. The second kappa shape index (κ2) is 4.00.